The summed E-state index contributed by atoms with van der Waals surface area (Å²) in [6, 6.07) is 12.9. The van der Waals surface area contributed by atoms with Crippen molar-refractivity contribution in [3.8, 4) is 0 Å². The Bertz CT molecular complexity index is 844. The fraction of sp³-hybridized carbons (Fsp3) is 0.286. The van der Waals surface area contributed by atoms with Gasteiger partial charge in [0.25, 0.3) is 11.8 Å². The molecule has 3 rings (SSSR count). The Morgan fingerprint density at radius 3 is 1.79 bits per heavy atom. The van der Waals surface area contributed by atoms with Gasteiger partial charge in [0.15, 0.2) is 0 Å². The third-order valence-electron chi connectivity index (χ3n) is 4.79. The predicted octanol–water partition coefficient (Wildman–Crippen LogP) is 3.93. The van der Waals surface area contributed by atoms with Crippen molar-refractivity contribution in [1.29, 1.82) is 0 Å². The molecule has 0 radical (unpaired) electrons. The maximum Gasteiger partial charge on any atom is 0.269 e. The molecule has 2 aromatic rings. The maximum atomic E-state index is 12.3. The number of benzene rings is 2. The lowest BCUT2D eigenvalue weighted by Gasteiger charge is -2.20. The average molecular weight is 400 g/mol. The zero-order valence-electron chi connectivity index (χ0n) is 15.3. The van der Waals surface area contributed by atoms with E-state index in [4.69, 9.17) is 11.6 Å². The molecule has 28 heavy (non-hydrogen) atoms. The highest BCUT2D eigenvalue weighted by Crippen LogP contribution is 2.25. The number of anilines is 1. The summed E-state index contributed by atoms with van der Waals surface area (Å²) in [6.45, 7) is 0. The van der Waals surface area contributed by atoms with Gasteiger partial charge < -0.3 is 5.32 Å². The molecule has 0 atom stereocenters. The number of rotatable bonds is 4. The van der Waals surface area contributed by atoms with Gasteiger partial charge in [-0.25, -0.2) is 0 Å². The zero-order valence-corrected chi connectivity index (χ0v) is 16.1. The second-order valence-corrected chi connectivity index (χ2v) is 7.25. The average Bonchev–Trinajstić information content (AvgIpc) is 2.73. The lowest BCUT2D eigenvalue weighted by molar-refractivity contribution is -0.120. The van der Waals surface area contributed by atoms with E-state index in [2.05, 4.69) is 16.2 Å². The van der Waals surface area contributed by atoms with Crippen molar-refractivity contribution in [3.63, 3.8) is 0 Å². The van der Waals surface area contributed by atoms with Crippen molar-refractivity contribution in [2.24, 2.45) is 5.92 Å². The molecular formula is C21H22ClN3O3. The molecule has 2 aromatic carbocycles. The summed E-state index contributed by atoms with van der Waals surface area (Å²) in [4.78, 5) is 36.5. The number of amides is 3. The predicted molar refractivity (Wildman–Crippen MR) is 108 cm³/mol. The molecule has 6 nitrogen and oxygen atoms in total. The first-order valence-corrected chi connectivity index (χ1v) is 9.68. The lowest BCUT2D eigenvalue weighted by Crippen LogP contribution is -2.41. The number of hydrogen-bond donors (Lipinski definition) is 3. The van der Waals surface area contributed by atoms with Crippen molar-refractivity contribution < 1.29 is 14.4 Å². The van der Waals surface area contributed by atoms with Crippen LogP contribution in [0.2, 0.25) is 5.02 Å². The van der Waals surface area contributed by atoms with Crippen LogP contribution >= 0.6 is 11.6 Å². The standard InChI is InChI=1S/C21H22ClN3O3/c22-17-10-6-15(7-11-17)20(27)24-25-21(28)16-8-12-18(13-9-16)23-19(26)14-4-2-1-3-5-14/h6-14H,1-5H2,(H,23,26)(H,24,27)(H,25,28). The maximum absolute atomic E-state index is 12.3. The first-order chi connectivity index (χ1) is 13.5. The molecule has 3 N–H and O–H groups in total. The molecule has 0 aromatic heterocycles. The molecule has 1 aliphatic carbocycles. The topological polar surface area (TPSA) is 87.3 Å². The van der Waals surface area contributed by atoms with E-state index in [9.17, 15) is 14.4 Å². The van der Waals surface area contributed by atoms with Gasteiger partial charge in [-0.1, -0.05) is 30.9 Å². The molecule has 1 aliphatic rings. The van der Waals surface area contributed by atoms with Gasteiger partial charge in [-0.2, -0.15) is 0 Å². The van der Waals surface area contributed by atoms with E-state index in [0.717, 1.165) is 25.7 Å². The minimum absolute atomic E-state index is 0.0344. The minimum Gasteiger partial charge on any atom is -0.326 e. The highest BCUT2D eigenvalue weighted by atomic mass is 35.5. The van der Waals surface area contributed by atoms with Gasteiger partial charge >= 0.3 is 0 Å². The molecule has 0 heterocycles. The Morgan fingerprint density at radius 1 is 0.750 bits per heavy atom. The smallest absolute Gasteiger partial charge is 0.269 e. The largest absolute Gasteiger partial charge is 0.326 e. The van der Waals surface area contributed by atoms with E-state index in [0.29, 0.717) is 21.8 Å². The number of carbonyl (C=O) groups is 3. The Morgan fingerprint density at radius 2 is 1.25 bits per heavy atom. The third-order valence-corrected chi connectivity index (χ3v) is 5.04. The molecule has 0 unspecified atom stereocenters. The van der Waals surface area contributed by atoms with Crippen LogP contribution in [0.25, 0.3) is 0 Å². The Labute approximate surface area is 168 Å². The van der Waals surface area contributed by atoms with Crippen LogP contribution in [0, 0.1) is 5.92 Å². The van der Waals surface area contributed by atoms with Crippen molar-refractivity contribution in [2.45, 2.75) is 32.1 Å². The molecule has 0 bridgehead atoms. The van der Waals surface area contributed by atoms with E-state index in [-0.39, 0.29) is 11.8 Å². The van der Waals surface area contributed by atoms with Gasteiger partial charge in [0, 0.05) is 27.8 Å². The second-order valence-electron chi connectivity index (χ2n) is 6.82. The summed E-state index contributed by atoms with van der Waals surface area (Å²) in [5, 5.41) is 3.43. The van der Waals surface area contributed by atoms with E-state index >= 15 is 0 Å². The van der Waals surface area contributed by atoms with Crippen LogP contribution in [0.3, 0.4) is 0 Å². The van der Waals surface area contributed by atoms with Gasteiger partial charge in [-0.15, -0.1) is 0 Å². The van der Waals surface area contributed by atoms with Gasteiger partial charge in [0.2, 0.25) is 5.91 Å². The highest BCUT2D eigenvalue weighted by Gasteiger charge is 2.21. The summed E-state index contributed by atoms with van der Waals surface area (Å²) >= 11 is 5.78. The van der Waals surface area contributed by atoms with E-state index in [1.165, 1.54) is 6.42 Å². The number of hydrazine groups is 1. The molecule has 0 aliphatic heterocycles. The van der Waals surface area contributed by atoms with Gasteiger partial charge in [0.1, 0.15) is 0 Å². The minimum atomic E-state index is -0.451. The fourth-order valence-electron chi connectivity index (χ4n) is 3.17. The molecule has 146 valence electrons. The van der Waals surface area contributed by atoms with Gasteiger partial charge in [-0.3, -0.25) is 25.2 Å². The van der Waals surface area contributed by atoms with Crippen LogP contribution < -0.4 is 16.2 Å². The van der Waals surface area contributed by atoms with Crippen LogP contribution in [-0.4, -0.2) is 17.7 Å². The van der Waals surface area contributed by atoms with E-state index in [1.807, 2.05) is 0 Å². The van der Waals surface area contributed by atoms with Crippen LogP contribution in [0.5, 0.6) is 0 Å². The Kier molecular flexibility index (Phi) is 6.66. The van der Waals surface area contributed by atoms with Crippen LogP contribution in [0.4, 0.5) is 5.69 Å². The lowest BCUT2D eigenvalue weighted by atomic mass is 9.88. The number of halogens is 1. The molecule has 7 heteroatoms. The van der Waals surface area contributed by atoms with E-state index in [1.54, 1.807) is 48.5 Å². The van der Waals surface area contributed by atoms with Crippen molar-refractivity contribution in [3.05, 3.63) is 64.7 Å². The molecule has 1 fully saturated rings. The van der Waals surface area contributed by atoms with Crippen LogP contribution in [-0.2, 0) is 4.79 Å². The fourth-order valence-corrected chi connectivity index (χ4v) is 3.30. The zero-order chi connectivity index (χ0) is 19.9. The van der Waals surface area contributed by atoms with Crippen molar-refractivity contribution in [2.75, 3.05) is 5.32 Å². The molecule has 0 saturated heterocycles. The molecule has 1 saturated carbocycles. The van der Waals surface area contributed by atoms with Crippen molar-refractivity contribution in [1.82, 2.24) is 10.9 Å². The van der Waals surface area contributed by atoms with E-state index < -0.39 is 11.8 Å². The quantitative estimate of drug-likeness (QED) is 0.680. The SMILES string of the molecule is O=C(NNC(=O)c1ccc(NC(=O)C2CCCCC2)cc1)c1ccc(Cl)cc1. The summed E-state index contributed by atoms with van der Waals surface area (Å²) in [6.07, 6.45) is 5.25. The first kappa shape index (κ1) is 19.9. The highest BCUT2D eigenvalue weighted by molar-refractivity contribution is 6.30. The normalized spacial score (nSPS) is 14.2. The summed E-state index contributed by atoms with van der Waals surface area (Å²) < 4.78 is 0. The number of nitrogens with one attached hydrogen (secondary N) is 3. The number of hydrogen-bond acceptors (Lipinski definition) is 3. The summed E-state index contributed by atoms with van der Waals surface area (Å²) in [5.41, 5.74) is 6.12. The number of carbonyl (C=O) groups excluding carboxylic acids is 3. The van der Waals surface area contributed by atoms with Crippen LogP contribution in [0.1, 0.15) is 52.8 Å². The molecule has 3 amide bonds. The summed E-state index contributed by atoms with van der Waals surface area (Å²) in [5.74, 6) is -0.791. The molecule has 0 spiro atoms. The second kappa shape index (κ2) is 9.37. The Hall–Kier alpha value is -2.86. The third kappa shape index (κ3) is 5.33. The first-order valence-electron chi connectivity index (χ1n) is 9.30. The van der Waals surface area contributed by atoms with Gasteiger partial charge in [-0.05, 0) is 61.4 Å². The van der Waals surface area contributed by atoms with Gasteiger partial charge in [0.05, 0.1) is 0 Å². The monoisotopic (exact) mass is 399 g/mol. The van der Waals surface area contributed by atoms with Crippen molar-refractivity contribution >= 4 is 35.0 Å². The van der Waals surface area contributed by atoms with Crippen LogP contribution in [0.15, 0.2) is 48.5 Å². The summed E-state index contributed by atoms with van der Waals surface area (Å²) in [7, 11) is 0. The molecular weight excluding hydrogens is 378 g/mol. The Balaban J connectivity index is 1.51.